The van der Waals surface area contributed by atoms with Crippen LogP contribution in [0.5, 0.6) is 0 Å². The van der Waals surface area contributed by atoms with Crippen LogP contribution >= 0.6 is 24.8 Å². The van der Waals surface area contributed by atoms with Gasteiger partial charge in [-0.05, 0) is 74.9 Å². The van der Waals surface area contributed by atoms with E-state index in [1.165, 1.54) is 12.1 Å². The minimum Gasteiger partial charge on any atom is -0.423 e. The summed E-state index contributed by atoms with van der Waals surface area (Å²) < 4.78 is 10.3. The van der Waals surface area contributed by atoms with Crippen LogP contribution in [0.4, 0.5) is 11.4 Å². The van der Waals surface area contributed by atoms with Crippen LogP contribution in [0.3, 0.4) is 0 Å². The number of carbonyl (C=O) groups is 2. The summed E-state index contributed by atoms with van der Waals surface area (Å²) >= 11 is 0. The Kier molecular flexibility index (Phi) is 19.6. The van der Waals surface area contributed by atoms with E-state index < -0.39 is 23.3 Å². The summed E-state index contributed by atoms with van der Waals surface area (Å²) in [5.41, 5.74) is 35.2. The number of halogens is 2. The maximum atomic E-state index is 12.1. The second-order valence-electron chi connectivity index (χ2n) is 11.0. The summed E-state index contributed by atoms with van der Waals surface area (Å²) in [4.78, 5) is 54.7. The number of rotatable bonds is 12. The van der Waals surface area contributed by atoms with Gasteiger partial charge in [0.25, 0.3) is 0 Å². The Morgan fingerprint density at radius 1 is 0.667 bits per heavy atom. The lowest BCUT2D eigenvalue weighted by atomic mass is 10.1. The summed E-state index contributed by atoms with van der Waals surface area (Å²) in [6.45, 7) is 4.49. The molecule has 2 atom stereocenters. The van der Waals surface area contributed by atoms with Gasteiger partial charge in [-0.25, -0.2) is 9.59 Å². The highest BCUT2D eigenvalue weighted by atomic mass is 35.5. The summed E-state index contributed by atoms with van der Waals surface area (Å²) in [5, 5.41) is 7.05. The van der Waals surface area contributed by atoms with Crippen LogP contribution in [0.15, 0.2) is 76.9 Å². The summed E-state index contributed by atoms with van der Waals surface area (Å²) in [6, 6.07) is 11.7. The van der Waals surface area contributed by atoms with Gasteiger partial charge >= 0.3 is 11.3 Å². The van der Waals surface area contributed by atoms with E-state index in [-0.39, 0.29) is 54.0 Å². The van der Waals surface area contributed by atoms with Crippen LogP contribution in [-0.2, 0) is 9.59 Å². The second-order valence-corrected chi connectivity index (χ2v) is 11.0. The number of amides is 2. The van der Waals surface area contributed by atoms with Crippen molar-refractivity contribution in [3.63, 3.8) is 0 Å². The molecule has 0 aliphatic heterocycles. The fourth-order valence-corrected chi connectivity index (χ4v) is 4.58. The predicted octanol–water partition coefficient (Wildman–Crippen LogP) is 0.861. The molecule has 19 heteroatoms. The van der Waals surface area contributed by atoms with Gasteiger partial charge in [0.1, 0.15) is 11.2 Å². The molecule has 4 rings (SSSR count). The van der Waals surface area contributed by atoms with Gasteiger partial charge in [0, 0.05) is 59.5 Å². The summed E-state index contributed by atoms with van der Waals surface area (Å²) in [5.74, 6) is -0.620. The molecule has 2 aromatic heterocycles. The number of anilines is 2. The quantitative estimate of drug-likeness (QED) is 0.0432. The van der Waals surface area contributed by atoms with Crippen molar-refractivity contribution in [1.82, 2.24) is 0 Å². The predicted molar refractivity (Wildman–Crippen MR) is 206 cm³/mol. The monoisotopic (exact) mass is 752 g/mol. The van der Waals surface area contributed by atoms with Crippen molar-refractivity contribution >= 4 is 81.9 Å². The van der Waals surface area contributed by atoms with Crippen molar-refractivity contribution < 1.29 is 23.9 Å². The van der Waals surface area contributed by atoms with Crippen LogP contribution in [0.25, 0.3) is 21.9 Å². The SMILES string of the molecule is Cc1cc(=O)oc2cc(NC(=O)[C@@H](N)CCCN=C(N)N)ccc12.Cc1cc(=O)oc2cc(NC(=O)[C@@H](N)CCCN=C(N)N)ccc12.Cl.Cl.O. The third-order valence-corrected chi connectivity index (χ3v) is 7.05. The largest absolute Gasteiger partial charge is 0.423 e. The van der Waals surface area contributed by atoms with Crippen LogP contribution in [0.2, 0.25) is 0 Å². The molecule has 2 amide bonds. The van der Waals surface area contributed by atoms with Crippen molar-refractivity contribution in [3.8, 4) is 0 Å². The van der Waals surface area contributed by atoms with Crippen molar-refractivity contribution in [1.29, 1.82) is 0 Å². The fourth-order valence-electron chi connectivity index (χ4n) is 4.58. The number of nitrogens with zero attached hydrogens (tertiary/aromatic N) is 2. The molecule has 0 aliphatic carbocycles. The first-order chi connectivity index (χ1) is 22.7. The number of guanidine groups is 2. The third-order valence-electron chi connectivity index (χ3n) is 7.05. The Bertz CT molecular complexity index is 1800. The lowest BCUT2D eigenvalue weighted by Crippen LogP contribution is -2.35. The molecule has 0 spiro atoms. The lowest BCUT2D eigenvalue weighted by molar-refractivity contribution is -0.118. The van der Waals surface area contributed by atoms with Gasteiger partial charge in [0.15, 0.2) is 11.9 Å². The molecule has 0 bridgehead atoms. The number of carbonyl (C=O) groups excluding carboxylic acids is 2. The van der Waals surface area contributed by atoms with E-state index in [0.29, 0.717) is 61.3 Å². The Morgan fingerprint density at radius 2 is 1.02 bits per heavy atom. The highest BCUT2D eigenvalue weighted by Gasteiger charge is 2.15. The standard InChI is InChI=1S/2C16H21N5O3.2ClH.H2O/c2*1-9-7-14(22)24-13-8-10(4-5-11(9)13)21-15(23)12(17)3-2-6-20-16(18)19;;;/h2*4-5,7-8,12H,2-3,6,17H2,1H3,(H,21,23)(H4,18,19,20);2*1H;1H2/t2*12-;;;/m00.../s1. The molecule has 0 unspecified atom stereocenters. The number of hydrogen-bond donors (Lipinski definition) is 8. The highest BCUT2D eigenvalue weighted by Crippen LogP contribution is 2.22. The minimum atomic E-state index is -0.681. The van der Waals surface area contributed by atoms with E-state index in [4.69, 9.17) is 43.2 Å². The van der Waals surface area contributed by atoms with Crippen LogP contribution in [-0.4, -0.2) is 54.4 Å². The Hall–Kier alpha value is -5.20. The first-order valence-corrected chi connectivity index (χ1v) is 15.1. The molecule has 0 radical (unpaired) electrons. The number of aliphatic imine (C=N–C) groups is 2. The van der Waals surface area contributed by atoms with E-state index >= 15 is 0 Å². The molecule has 2 aromatic carbocycles. The molecular weight excluding hydrogens is 707 g/mol. The maximum absolute atomic E-state index is 12.1. The molecule has 0 saturated heterocycles. The van der Waals surface area contributed by atoms with Crippen LogP contribution in [0.1, 0.15) is 36.8 Å². The Balaban J connectivity index is 0.000000926. The number of nitrogens with two attached hydrogens (primary N) is 6. The molecule has 0 fully saturated rings. The number of fused-ring (bicyclic) bond motifs is 2. The Labute approximate surface area is 305 Å². The summed E-state index contributed by atoms with van der Waals surface area (Å²) in [7, 11) is 0. The average Bonchev–Trinajstić information content (AvgIpc) is 3.00. The number of hydrogen-bond acceptors (Lipinski definition) is 10. The van der Waals surface area contributed by atoms with Gasteiger partial charge in [-0.1, -0.05) is 0 Å². The van der Waals surface area contributed by atoms with E-state index in [1.807, 2.05) is 13.8 Å². The lowest BCUT2D eigenvalue weighted by Gasteiger charge is -2.12. The zero-order chi connectivity index (χ0) is 35.4. The smallest absolute Gasteiger partial charge is 0.336 e. The van der Waals surface area contributed by atoms with Crippen molar-refractivity contribution in [2.24, 2.45) is 44.4 Å². The van der Waals surface area contributed by atoms with E-state index in [2.05, 4.69) is 20.6 Å². The zero-order valence-electron chi connectivity index (χ0n) is 28.1. The van der Waals surface area contributed by atoms with Crippen LogP contribution < -0.4 is 56.3 Å². The van der Waals surface area contributed by atoms with Gasteiger partial charge in [-0.3, -0.25) is 19.6 Å². The topological polar surface area (TPSA) is 331 Å². The highest BCUT2D eigenvalue weighted by molar-refractivity contribution is 5.97. The third kappa shape index (κ3) is 14.7. The Morgan fingerprint density at radius 3 is 1.35 bits per heavy atom. The molecule has 17 nitrogen and oxygen atoms in total. The van der Waals surface area contributed by atoms with Crippen molar-refractivity contribution in [3.05, 3.63) is 80.5 Å². The first-order valence-electron chi connectivity index (χ1n) is 15.1. The molecular formula is C32H46Cl2N10O7. The van der Waals surface area contributed by atoms with Gasteiger partial charge < -0.3 is 59.3 Å². The second kappa shape index (κ2) is 21.8. The molecule has 2 heterocycles. The van der Waals surface area contributed by atoms with Crippen molar-refractivity contribution in [2.45, 2.75) is 51.6 Å². The normalized spacial score (nSPS) is 11.2. The molecule has 0 saturated carbocycles. The number of nitrogens with one attached hydrogen (secondary N) is 2. The molecule has 280 valence electrons. The molecule has 4 aromatic rings. The zero-order valence-corrected chi connectivity index (χ0v) is 29.8. The molecule has 0 aliphatic rings. The summed E-state index contributed by atoms with van der Waals surface area (Å²) in [6.07, 6.45) is 2.09. The number of aryl methyl sites for hydroxylation is 2. The molecule has 16 N–H and O–H groups in total. The van der Waals surface area contributed by atoms with Crippen molar-refractivity contribution in [2.75, 3.05) is 23.7 Å². The van der Waals surface area contributed by atoms with Gasteiger partial charge in [0.05, 0.1) is 12.1 Å². The number of benzene rings is 2. The van der Waals surface area contributed by atoms with E-state index in [0.717, 1.165) is 21.9 Å². The fraction of sp³-hybridized carbons (Fsp3) is 0.312. The van der Waals surface area contributed by atoms with Gasteiger partial charge in [0.2, 0.25) is 11.8 Å². The van der Waals surface area contributed by atoms with Gasteiger partial charge in [-0.15, -0.1) is 24.8 Å². The van der Waals surface area contributed by atoms with Gasteiger partial charge in [-0.2, -0.15) is 0 Å². The average molecular weight is 754 g/mol. The minimum absolute atomic E-state index is 0. The first kappa shape index (κ1) is 45.8. The van der Waals surface area contributed by atoms with E-state index in [1.54, 1.807) is 36.4 Å². The molecule has 51 heavy (non-hydrogen) atoms. The van der Waals surface area contributed by atoms with Crippen LogP contribution in [0, 0.1) is 13.8 Å². The van der Waals surface area contributed by atoms with E-state index in [9.17, 15) is 19.2 Å². The maximum Gasteiger partial charge on any atom is 0.336 e.